The predicted octanol–water partition coefficient (Wildman–Crippen LogP) is 0.00850. The third-order valence-electron chi connectivity index (χ3n) is 2.99. The number of anilines is 1. The molecule has 2 N–H and O–H groups in total. The third-order valence-corrected chi connectivity index (χ3v) is 2.99. The summed E-state index contributed by atoms with van der Waals surface area (Å²) in [5, 5.41) is 15.3. The van der Waals surface area contributed by atoms with Gasteiger partial charge in [0.15, 0.2) is 0 Å². The summed E-state index contributed by atoms with van der Waals surface area (Å²) >= 11 is 0. The number of aromatic nitrogens is 3. The maximum absolute atomic E-state index is 11.8. The Morgan fingerprint density at radius 1 is 1.56 bits per heavy atom. The van der Waals surface area contributed by atoms with Gasteiger partial charge in [0.2, 0.25) is 11.9 Å². The van der Waals surface area contributed by atoms with Crippen molar-refractivity contribution in [1.29, 1.82) is 0 Å². The molecule has 1 saturated carbocycles. The van der Waals surface area contributed by atoms with Gasteiger partial charge in [-0.1, -0.05) is 6.42 Å². The van der Waals surface area contributed by atoms with Crippen LogP contribution in [0.15, 0.2) is 6.33 Å². The average Bonchev–Trinajstić information content (AvgIpc) is 2.48. The number of hydrogen-bond acceptors (Lipinski definition) is 4. The van der Waals surface area contributed by atoms with Gasteiger partial charge in [-0.05, 0) is 12.8 Å². The number of amides is 1. The zero-order valence-corrected chi connectivity index (χ0v) is 8.80. The van der Waals surface area contributed by atoms with E-state index in [0.717, 1.165) is 6.42 Å². The lowest BCUT2D eigenvalue weighted by Gasteiger charge is -2.35. The lowest BCUT2D eigenvalue weighted by atomic mass is 9.68. The summed E-state index contributed by atoms with van der Waals surface area (Å²) in [4.78, 5) is 26.7. The highest BCUT2D eigenvalue weighted by molar-refractivity contribution is 6.08. The summed E-state index contributed by atoms with van der Waals surface area (Å²) in [5.41, 5.74) is -1.27. The zero-order valence-electron chi connectivity index (χ0n) is 8.80. The van der Waals surface area contributed by atoms with Crippen LogP contribution >= 0.6 is 0 Å². The molecule has 1 aliphatic rings. The molecule has 16 heavy (non-hydrogen) atoms. The molecule has 7 heteroatoms. The van der Waals surface area contributed by atoms with Crippen molar-refractivity contribution < 1.29 is 14.7 Å². The Morgan fingerprint density at radius 2 is 2.25 bits per heavy atom. The topological polar surface area (TPSA) is 97.1 Å². The number of carboxylic acids is 1. The molecule has 0 spiro atoms. The molecule has 86 valence electrons. The van der Waals surface area contributed by atoms with Crippen LogP contribution in [0, 0.1) is 5.41 Å². The van der Waals surface area contributed by atoms with Gasteiger partial charge in [0.1, 0.15) is 11.7 Å². The Bertz CT molecular complexity index is 436. The number of rotatable bonds is 3. The molecule has 0 atom stereocenters. The van der Waals surface area contributed by atoms with Crippen LogP contribution < -0.4 is 5.32 Å². The highest BCUT2D eigenvalue weighted by atomic mass is 16.4. The fourth-order valence-corrected chi connectivity index (χ4v) is 1.70. The summed E-state index contributed by atoms with van der Waals surface area (Å²) in [6, 6.07) is 0. The molecule has 0 unspecified atom stereocenters. The van der Waals surface area contributed by atoms with Crippen molar-refractivity contribution in [1.82, 2.24) is 14.8 Å². The summed E-state index contributed by atoms with van der Waals surface area (Å²) < 4.78 is 1.38. The molecule has 1 aromatic rings. The normalized spacial score (nSPS) is 17.6. The van der Waals surface area contributed by atoms with Gasteiger partial charge in [-0.2, -0.15) is 10.1 Å². The van der Waals surface area contributed by atoms with Crippen molar-refractivity contribution >= 4 is 17.8 Å². The maximum atomic E-state index is 11.8. The first-order valence-corrected chi connectivity index (χ1v) is 4.95. The molecule has 0 radical (unpaired) electrons. The lowest BCUT2D eigenvalue weighted by Crippen LogP contribution is -2.48. The Hall–Kier alpha value is -1.92. The molecule has 1 heterocycles. The molecular weight excluding hydrogens is 212 g/mol. The van der Waals surface area contributed by atoms with Crippen molar-refractivity contribution in [3.8, 4) is 0 Å². The van der Waals surface area contributed by atoms with Gasteiger partial charge in [0, 0.05) is 7.05 Å². The van der Waals surface area contributed by atoms with Crippen LogP contribution in [0.5, 0.6) is 0 Å². The van der Waals surface area contributed by atoms with Gasteiger partial charge < -0.3 is 5.11 Å². The summed E-state index contributed by atoms with van der Waals surface area (Å²) in [5.74, 6) is -1.32. The first kappa shape index (κ1) is 10.6. The van der Waals surface area contributed by atoms with Gasteiger partial charge in [-0.15, -0.1) is 0 Å². The number of carboxylic acid groups (broad SMARTS) is 1. The largest absolute Gasteiger partial charge is 0.480 e. The Morgan fingerprint density at radius 3 is 2.62 bits per heavy atom. The molecule has 1 aliphatic carbocycles. The van der Waals surface area contributed by atoms with E-state index in [1.165, 1.54) is 11.0 Å². The second-order valence-corrected chi connectivity index (χ2v) is 3.90. The molecule has 1 fully saturated rings. The van der Waals surface area contributed by atoms with Crippen molar-refractivity contribution in [2.45, 2.75) is 19.3 Å². The van der Waals surface area contributed by atoms with Crippen LogP contribution in [0.1, 0.15) is 19.3 Å². The average molecular weight is 224 g/mol. The summed E-state index contributed by atoms with van der Waals surface area (Å²) in [6.45, 7) is 0. The van der Waals surface area contributed by atoms with Crippen LogP contribution in [0.4, 0.5) is 5.95 Å². The molecule has 0 aliphatic heterocycles. The third kappa shape index (κ3) is 1.44. The van der Waals surface area contributed by atoms with Crippen LogP contribution in [0.25, 0.3) is 0 Å². The number of aliphatic carboxylic acids is 1. The van der Waals surface area contributed by atoms with Crippen molar-refractivity contribution in [3.05, 3.63) is 6.33 Å². The van der Waals surface area contributed by atoms with E-state index in [1.54, 1.807) is 7.05 Å². The van der Waals surface area contributed by atoms with Crippen LogP contribution in [-0.4, -0.2) is 31.7 Å². The van der Waals surface area contributed by atoms with Crippen molar-refractivity contribution in [2.24, 2.45) is 12.5 Å². The number of aryl methyl sites for hydroxylation is 1. The van der Waals surface area contributed by atoms with Gasteiger partial charge in [-0.25, -0.2) is 4.68 Å². The summed E-state index contributed by atoms with van der Waals surface area (Å²) in [7, 11) is 1.62. The number of nitrogens with zero attached hydrogens (tertiary/aromatic N) is 3. The second-order valence-electron chi connectivity index (χ2n) is 3.90. The molecule has 0 aromatic carbocycles. The number of hydrogen-bond donors (Lipinski definition) is 2. The highest BCUT2D eigenvalue weighted by Gasteiger charge is 2.51. The fourth-order valence-electron chi connectivity index (χ4n) is 1.70. The van der Waals surface area contributed by atoms with E-state index < -0.39 is 17.3 Å². The Balaban J connectivity index is 2.14. The van der Waals surface area contributed by atoms with E-state index in [1.807, 2.05) is 0 Å². The second kappa shape index (κ2) is 3.58. The van der Waals surface area contributed by atoms with Gasteiger partial charge >= 0.3 is 5.97 Å². The number of nitrogens with one attached hydrogen (secondary N) is 1. The van der Waals surface area contributed by atoms with E-state index in [9.17, 15) is 9.59 Å². The van der Waals surface area contributed by atoms with Gasteiger partial charge in [-0.3, -0.25) is 14.9 Å². The van der Waals surface area contributed by atoms with Gasteiger partial charge in [0.25, 0.3) is 0 Å². The molecule has 0 bridgehead atoms. The molecule has 7 nitrogen and oxygen atoms in total. The van der Waals surface area contributed by atoms with E-state index in [4.69, 9.17) is 5.11 Å². The van der Waals surface area contributed by atoms with E-state index >= 15 is 0 Å². The molecule has 0 saturated heterocycles. The summed E-state index contributed by atoms with van der Waals surface area (Å²) in [6.07, 6.45) is 2.82. The Labute approximate surface area is 91.5 Å². The Kier molecular flexibility index (Phi) is 2.37. The molecule has 2 rings (SSSR count). The zero-order chi connectivity index (χ0) is 11.8. The minimum Gasteiger partial charge on any atom is -0.480 e. The smallest absolute Gasteiger partial charge is 0.319 e. The van der Waals surface area contributed by atoms with Crippen LogP contribution in [0.3, 0.4) is 0 Å². The minimum atomic E-state index is -1.27. The van der Waals surface area contributed by atoms with Crippen molar-refractivity contribution in [3.63, 3.8) is 0 Å². The number of carbonyl (C=O) groups excluding carboxylic acids is 1. The molecule has 1 aromatic heterocycles. The molecular formula is C9H12N4O3. The monoisotopic (exact) mass is 224 g/mol. The quantitative estimate of drug-likeness (QED) is 0.705. The standard InChI is InChI=1S/C9H12N4O3/c1-13-8(10-5-11-13)12-6(14)9(7(15)16)3-2-4-9/h5H,2-4H2,1H3,(H,15,16)(H,10,11,12,14). The maximum Gasteiger partial charge on any atom is 0.319 e. The van der Waals surface area contributed by atoms with E-state index in [2.05, 4.69) is 15.4 Å². The van der Waals surface area contributed by atoms with E-state index in [0.29, 0.717) is 12.8 Å². The number of carbonyl (C=O) groups is 2. The predicted molar refractivity (Wildman–Crippen MR) is 53.6 cm³/mol. The fraction of sp³-hybridized carbons (Fsp3) is 0.556. The molecule has 1 amide bonds. The van der Waals surface area contributed by atoms with Crippen molar-refractivity contribution in [2.75, 3.05) is 5.32 Å². The minimum absolute atomic E-state index is 0.262. The van der Waals surface area contributed by atoms with Crippen LogP contribution in [0.2, 0.25) is 0 Å². The first-order chi connectivity index (χ1) is 7.56. The van der Waals surface area contributed by atoms with Crippen LogP contribution in [-0.2, 0) is 16.6 Å². The first-order valence-electron chi connectivity index (χ1n) is 4.95. The SMILES string of the molecule is Cn1ncnc1NC(=O)C1(C(=O)O)CCC1. The van der Waals surface area contributed by atoms with Gasteiger partial charge in [0.05, 0.1) is 0 Å². The highest BCUT2D eigenvalue weighted by Crippen LogP contribution is 2.41. The van der Waals surface area contributed by atoms with E-state index in [-0.39, 0.29) is 5.95 Å². The lowest BCUT2D eigenvalue weighted by molar-refractivity contribution is -0.159.